The van der Waals surface area contributed by atoms with E-state index in [1.807, 2.05) is 24.3 Å². The van der Waals surface area contributed by atoms with Gasteiger partial charge in [-0.15, -0.1) is 0 Å². The first-order chi connectivity index (χ1) is 11.1. The van der Waals surface area contributed by atoms with Crippen LogP contribution in [0.25, 0.3) is 0 Å². The van der Waals surface area contributed by atoms with Gasteiger partial charge in [0.1, 0.15) is 6.29 Å². The molecule has 0 aromatic heterocycles. The summed E-state index contributed by atoms with van der Waals surface area (Å²) in [7, 11) is 1.25. The van der Waals surface area contributed by atoms with Crippen molar-refractivity contribution in [3.63, 3.8) is 0 Å². The third kappa shape index (κ3) is 2.54. The van der Waals surface area contributed by atoms with E-state index in [4.69, 9.17) is 4.74 Å². The van der Waals surface area contributed by atoms with Crippen LogP contribution in [-0.2, 0) is 35.1 Å². The molecule has 0 spiro atoms. The van der Waals surface area contributed by atoms with Crippen LogP contribution in [0.15, 0.2) is 24.3 Å². The van der Waals surface area contributed by atoms with Gasteiger partial charge in [-0.25, -0.2) is 0 Å². The minimum atomic E-state index is -0.796. The molecule has 2 aliphatic rings. The van der Waals surface area contributed by atoms with Gasteiger partial charge in [0.15, 0.2) is 0 Å². The average molecular weight is 316 g/mol. The number of fused-ring (bicyclic) bond motifs is 1. The monoisotopic (exact) mass is 316 g/mol. The molecule has 0 saturated carbocycles. The molecule has 1 saturated heterocycles. The Morgan fingerprint density at radius 2 is 2.00 bits per heavy atom. The van der Waals surface area contributed by atoms with Gasteiger partial charge in [0.25, 0.3) is 0 Å². The van der Waals surface area contributed by atoms with E-state index in [1.54, 1.807) is 0 Å². The summed E-state index contributed by atoms with van der Waals surface area (Å²) in [5, 5.41) is 0. The summed E-state index contributed by atoms with van der Waals surface area (Å²) in [4.78, 5) is 47.3. The molecular formula is C17H16O6. The van der Waals surface area contributed by atoms with Crippen LogP contribution in [0.3, 0.4) is 0 Å². The van der Waals surface area contributed by atoms with Crippen molar-refractivity contribution < 1.29 is 28.7 Å². The molecule has 6 heteroatoms. The third-order valence-electron chi connectivity index (χ3n) is 4.70. The van der Waals surface area contributed by atoms with Gasteiger partial charge in [-0.3, -0.25) is 14.4 Å². The maximum atomic E-state index is 12.3. The van der Waals surface area contributed by atoms with E-state index in [0.29, 0.717) is 6.42 Å². The molecule has 1 aliphatic carbocycles. The Bertz CT molecular complexity index is 679. The van der Waals surface area contributed by atoms with Crippen LogP contribution in [0.1, 0.15) is 23.5 Å². The Balaban J connectivity index is 2.12. The van der Waals surface area contributed by atoms with Crippen molar-refractivity contribution in [1.82, 2.24) is 0 Å². The number of methoxy groups -OCH3 is 1. The zero-order valence-corrected chi connectivity index (χ0v) is 12.6. The number of carbonyl (C=O) groups excluding carboxylic acids is 4. The molecule has 0 bridgehead atoms. The van der Waals surface area contributed by atoms with Crippen LogP contribution in [0.4, 0.5) is 0 Å². The highest BCUT2D eigenvalue weighted by Crippen LogP contribution is 2.46. The fourth-order valence-electron chi connectivity index (χ4n) is 3.71. The number of ether oxygens (including phenoxy) is 2. The number of benzene rings is 1. The van der Waals surface area contributed by atoms with E-state index in [0.717, 1.165) is 17.4 Å². The lowest BCUT2D eigenvalue weighted by Crippen LogP contribution is -2.41. The fourth-order valence-corrected chi connectivity index (χ4v) is 3.71. The normalized spacial score (nSPS) is 29.6. The zero-order chi connectivity index (χ0) is 16.6. The van der Waals surface area contributed by atoms with E-state index < -0.39 is 41.6 Å². The smallest absolute Gasteiger partial charge is 0.317 e. The number of rotatable bonds is 3. The Morgan fingerprint density at radius 3 is 2.61 bits per heavy atom. The highest BCUT2D eigenvalue weighted by molar-refractivity contribution is 5.96. The molecule has 4 atom stereocenters. The highest BCUT2D eigenvalue weighted by Gasteiger charge is 2.50. The lowest BCUT2D eigenvalue weighted by atomic mass is 9.64. The molecule has 23 heavy (non-hydrogen) atoms. The lowest BCUT2D eigenvalue weighted by molar-refractivity contribution is -0.154. The Hall–Kier alpha value is -2.50. The van der Waals surface area contributed by atoms with Gasteiger partial charge >= 0.3 is 17.9 Å². The van der Waals surface area contributed by atoms with Gasteiger partial charge in [0.2, 0.25) is 0 Å². The second-order valence-electron chi connectivity index (χ2n) is 5.88. The van der Waals surface area contributed by atoms with Crippen LogP contribution < -0.4 is 0 Å². The summed E-state index contributed by atoms with van der Waals surface area (Å²) in [5.74, 6) is -4.54. The standard InChI is InChI=1S/C17H16O6/c1-22-17(21)14-10(8-18)6-9-4-2-3-5-11(9)15(14)12-7-13(19)23-16(12)20/h2-5,8,10,12,14-15H,6-7H2,1H3. The molecular weight excluding hydrogens is 300 g/mol. The van der Waals surface area contributed by atoms with Crippen molar-refractivity contribution in [3.05, 3.63) is 35.4 Å². The lowest BCUT2D eigenvalue weighted by Gasteiger charge is -2.37. The van der Waals surface area contributed by atoms with Gasteiger partial charge in [-0.1, -0.05) is 24.3 Å². The molecule has 0 radical (unpaired) electrons. The molecule has 120 valence electrons. The van der Waals surface area contributed by atoms with Crippen LogP contribution >= 0.6 is 0 Å². The molecule has 0 N–H and O–H groups in total. The summed E-state index contributed by atoms with van der Waals surface area (Å²) in [5.41, 5.74) is 1.71. The van der Waals surface area contributed by atoms with Crippen molar-refractivity contribution in [2.24, 2.45) is 17.8 Å². The summed E-state index contributed by atoms with van der Waals surface area (Å²) < 4.78 is 9.51. The van der Waals surface area contributed by atoms with Gasteiger partial charge in [-0.2, -0.15) is 0 Å². The molecule has 4 unspecified atom stereocenters. The quantitative estimate of drug-likeness (QED) is 0.470. The zero-order valence-electron chi connectivity index (χ0n) is 12.6. The van der Waals surface area contributed by atoms with Gasteiger partial charge < -0.3 is 14.3 Å². The maximum Gasteiger partial charge on any atom is 0.317 e. The maximum absolute atomic E-state index is 12.3. The first-order valence-electron chi connectivity index (χ1n) is 7.42. The van der Waals surface area contributed by atoms with Crippen molar-refractivity contribution >= 4 is 24.2 Å². The second-order valence-corrected chi connectivity index (χ2v) is 5.88. The minimum Gasteiger partial charge on any atom is -0.469 e. The largest absolute Gasteiger partial charge is 0.469 e. The van der Waals surface area contributed by atoms with Crippen LogP contribution in [0, 0.1) is 17.8 Å². The van der Waals surface area contributed by atoms with Gasteiger partial charge in [0.05, 0.1) is 25.4 Å². The molecule has 1 aliphatic heterocycles. The van der Waals surface area contributed by atoms with Crippen LogP contribution in [0.2, 0.25) is 0 Å². The SMILES string of the molecule is COC(=O)C1C(C=O)Cc2ccccc2C1C1CC(=O)OC1=O. The molecule has 6 nitrogen and oxygen atoms in total. The Labute approximate surface area is 132 Å². The Kier molecular flexibility index (Phi) is 3.98. The van der Waals surface area contributed by atoms with Crippen molar-refractivity contribution in [1.29, 1.82) is 0 Å². The predicted octanol–water partition coefficient (Wildman–Crippen LogP) is 1.02. The summed E-state index contributed by atoms with van der Waals surface area (Å²) in [6, 6.07) is 7.35. The third-order valence-corrected chi connectivity index (χ3v) is 4.70. The molecule has 3 rings (SSSR count). The summed E-state index contributed by atoms with van der Waals surface area (Å²) >= 11 is 0. The average Bonchev–Trinajstić information content (AvgIpc) is 2.90. The first kappa shape index (κ1) is 15.4. The molecule has 0 amide bonds. The summed E-state index contributed by atoms with van der Waals surface area (Å²) in [6.07, 6.45) is 1.05. The van der Waals surface area contributed by atoms with Crippen LogP contribution in [0.5, 0.6) is 0 Å². The molecule has 1 fully saturated rings. The molecule has 1 heterocycles. The van der Waals surface area contributed by atoms with E-state index in [-0.39, 0.29) is 6.42 Å². The minimum absolute atomic E-state index is 0.0864. The predicted molar refractivity (Wildman–Crippen MR) is 77.2 cm³/mol. The fraction of sp³-hybridized carbons (Fsp3) is 0.412. The number of hydrogen-bond acceptors (Lipinski definition) is 6. The highest BCUT2D eigenvalue weighted by atomic mass is 16.6. The van der Waals surface area contributed by atoms with Crippen LogP contribution in [-0.4, -0.2) is 31.3 Å². The number of hydrogen-bond donors (Lipinski definition) is 0. The van der Waals surface area contributed by atoms with Crippen molar-refractivity contribution in [3.8, 4) is 0 Å². The number of aldehydes is 1. The van der Waals surface area contributed by atoms with Crippen molar-refractivity contribution in [2.45, 2.75) is 18.8 Å². The molecule has 1 aromatic carbocycles. The number of esters is 3. The topological polar surface area (TPSA) is 86.7 Å². The van der Waals surface area contributed by atoms with E-state index in [9.17, 15) is 19.2 Å². The van der Waals surface area contributed by atoms with E-state index in [1.165, 1.54) is 7.11 Å². The van der Waals surface area contributed by atoms with Crippen molar-refractivity contribution in [2.75, 3.05) is 7.11 Å². The van der Waals surface area contributed by atoms with E-state index >= 15 is 0 Å². The first-order valence-corrected chi connectivity index (χ1v) is 7.42. The Morgan fingerprint density at radius 1 is 1.26 bits per heavy atom. The second kappa shape index (κ2) is 5.95. The number of carbonyl (C=O) groups is 4. The van der Waals surface area contributed by atoms with E-state index in [2.05, 4.69) is 4.74 Å². The van der Waals surface area contributed by atoms with Gasteiger partial charge in [0, 0.05) is 11.8 Å². The summed E-state index contributed by atoms with van der Waals surface area (Å²) in [6.45, 7) is 0. The van der Waals surface area contributed by atoms with Gasteiger partial charge in [-0.05, 0) is 17.5 Å². The molecule has 1 aromatic rings. The number of cyclic esters (lactones) is 2.